The highest BCUT2D eigenvalue weighted by atomic mass is 16.5. The van der Waals surface area contributed by atoms with Gasteiger partial charge in [0.15, 0.2) is 0 Å². The van der Waals surface area contributed by atoms with E-state index in [2.05, 4.69) is 32.9 Å². The summed E-state index contributed by atoms with van der Waals surface area (Å²) in [7, 11) is 0. The van der Waals surface area contributed by atoms with E-state index in [4.69, 9.17) is 4.74 Å². The van der Waals surface area contributed by atoms with Gasteiger partial charge < -0.3 is 9.84 Å². The third-order valence-electron chi connectivity index (χ3n) is 3.71. The Morgan fingerprint density at radius 1 is 1.35 bits per heavy atom. The Morgan fingerprint density at radius 2 is 2.06 bits per heavy atom. The number of aliphatic hydroxyl groups excluding tert-OH is 1. The van der Waals surface area contributed by atoms with Gasteiger partial charge in [0, 0.05) is 13.0 Å². The molecular formula is C15H22O2. The van der Waals surface area contributed by atoms with E-state index in [9.17, 15) is 5.11 Å². The summed E-state index contributed by atoms with van der Waals surface area (Å²) in [6.45, 7) is 6.77. The summed E-state index contributed by atoms with van der Waals surface area (Å²) in [4.78, 5) is 0. The zero-order valence-corrected chi connectivity index (χ0v) is 10.9. The average molecular weight is 234 g/mol. The Kier molecular flexibility index (Phi) is 3.43. The summed E-state index contributed by atoms with van der Waals surface area (Å²) in [6, 6.07) is 8.22. The molecule has 2 rings (SSSR count). The predicted octanol–water partition coefficient (Wildman–Crippen LogP) is 3.03. The highest BCUT2D eigenvalue weighted by Gasteiger charge is 2.30. The van der Waals surface area contributed by atoms with Crippen LogP contribution in [0.1, 0.15) is 32.8 Å². The van der Waals surface area contributed by atoms with Crippen LogP contribution in [0.25, 0.3) is 0 Å². The molecule has 0 aromatic heterocycles. The Hall–Kier alpha value is -1.02. The Labute approximate surface area is 104 Å². The minimum atomic E-state index is 0.132. The van der Waals surface area contributed by atoms with Gasteiger partial charge in [-0.15, -0.1) is 0 Å². The van der Waals surface area contributed by atoms with Gasteiger partial charge in [-0.1, -0.05) is 39.0 Å². The molecule has 0 spiro atoms. The number of hydrogen-bond donors (Lipinski definition) is 1. The first-order valence-electron chi connectivity index (χ1n) is 6.36. The van der Waals surface area contributed by atoms with Crippen LogP contribution in [0.15, 0.2) is 24.3 Å². The highest BCUT2D eigenvalue weighted by Crippen LogP contribution is 2.35. The fourth-order valence-electron chi connectivity index (χ4n) is 2.40. The van der Waals surface area contributed by atoms with Crippen LogP contribution in [0.5, 0.6) is 5.75 Å². The van der Waals surface area contributed by atoms with E-state index in [0.717, 1.165) is 18.6 Å². The number of benzene rings is 1. The number of rotatable bonds is 3. The van der Waals surface area contributed by atoms with Crippen molar-refractivity contribution in [1.29, 1.82) is 0 Å². The molecule has 1 aliphatic rings. The van der Waals surface area contributed by atoms with E-state index in [1.165, 1.54) is 5.56 Å². The molecule has 0 fully saturated rings. The molecule has 0 aliphatic carbocycles. The standard InChI is InChI=1S/C15H22O2/c1-15(2,3)12(10-16)9-13-8-11-6-4-5-7-14(11)17-13/h4-7,12-13,16H,8-10H2,1-3H3. The second-order valence-electron chi connectivity index (χ2n) is 6.03. The van der Waals surface area contributed by atoms with E-state index in [1.54, 1.807) is 0 Å². The van der Waals surface area contributed by atoms with Crippen molar-refractivity contribution >= 4 is 0 Å². The molecule has 94 valence electrons. The zero-order chi connectivity index (χ0) is 12.5. The maximum Gasteiger partial charge on any atom is 0.123 e. The molecule has 1 N–H and O–H groups in total. The molecule has 0 radical (unpaired) electrons. The molecule has 0 saturated carbocycles. The summed E-state index contributed by atoms with van der Waals surface area (Å²) >= 11 is 0. The number of aliphatic hydroxyl groups is 1. The number of fused-ring (bicyclic) bond motifs is 1. The van der Waals surface area contributed by atoms with Crippen LogP contribution < -0.4 is 4.74 Å². The van der Waals surface area contributed by atoms with E-state index < -0.39 is 0 Å². The Morgan fingerprint density at radius 3 is 2.65 bits per heavy atom. The van der Waals surface area contributed by atoms with Crippen molar-refractivity contribution < 1.29 is 9.84 Å². The van der Waals surface area contributed by atoms with Crippen LogP contribution in [0.4, 0.5) is 0 Å². The van der Waals surface area contributed by atoms with Crippen LogP contribution in [0, 0.1) is 11.3 Å². The van der Waals surface area contributed by atoms with Crippen molar-refractivity contribution in [2.24, 2.45) is 11.3 Å². The van der Waals surface area contributed by atoms with Gasteiger partial charge in [0.05, 0.1) is 0 Å². The molecule has 2 nitrogen and oxygen atoms in total. The van der Waals surface area contributed by atoms with E-state index in [1.807, 2.05) is 12.1 Å². The minimum Gasteiger partial charge on any atom is -0.490 e. The van der Waals surface area contributed by atoms with Gasteiger partial charge in [0.25, 0.3) is 0 Å². The van der Waals surface area contributed by atoms with E-state index in [-0.39, 0.29) is 18.1 Å². The van der Waals surface area contributed by atoms with Gasteiger partial charge in [0.1, 0.15) is 11.9 Å². The van der Waals surface area contributed by atoms with Crippen molar-refractivity contribution in [2.75, 3.05) is 6.61 Å². The molecule has 2 atom stereocenters. The van der Waals surface area contributed by atoms with Gasteiger partial charge in [-0.05, 0) is 29.4 Å². The number of ether oxygens (including phenoxy) is 1. The van der Waals surface area contributed by atoms with E-state index in [0.29, 0.717) is 5.92 Å². The minimum absolute atomic E-state index is 0.132. The summed E-state index contributed by atoms with van der Waals surface area (Å²) in [5, 5.41) is 9.48. The van der Waals surface area contributed by atoms with Crippen molar-refractivity contribution in [3.05, 3.63) is 29.8 Å². The average Bonchev–Trinajstić information content (AvgIpc) is 2.66. The first kappa shape index (κ1) is 12.4. The van der Waals surface area contributed by atoms with Crippen molar-refractivity contribution in [3.63, 3.8) is 0 Å². The van der Waals surface area contributed by atoms with Gasteiger partial charge in [-0.3, -0.25) is 0 Å². The Bertz CT molecular complexity index is 354. The molecule has 1 aliphatic heterocycles. The van der Waals surface area contributed by atoms with Gasteiger partial charge in [0.2, 0.25) is 0 Å². The fraction of sp³-hybridized carbons (Fsp3) is 0.600. The van der Waals surface area contributed by atoms with E-state index >= 15 is 0 Å². The van der Waals surface area contributed by atoms with Crippen molar-refractivity contribution in [3.8, 4) is 5.75 Å². The Balaban J connectivity index is 2.00. The van der Waals surface area contributed by atoms with Crippen molar-refractivity contribution in [1.82, 2.24) is 0 Å². The molecule has 1 aromatic rings. The quantitative estimate of drug-likeness (QED) is 0.871. The zero-order valence-electron chi connectivity index (χ0n) is 10.9. The molecule has 0 bridgehead atoms. The highest BCUT2D eigenvalue weighted by molar-refractivity contribution is 5.37. The molecule has 1 aromatic carbocycles. The van der Waals surface area contributed by atoms with Crippen LogP contribution in [-0.4, -0.2) is 17.8 Å². The third kappa shape index (κ3) is 2.81. The smallest absolute Gasteiger partial charge is 0.123 e. The molecule has 0 amide bonds. The number of hydrogen-bond acceptors (Lipinski definition) is 2. The number of para-hydroxylation sites is 1. The molecular weight excluding hydrogens is 212 g/mol. The third-order valence-corrected chi connectivity index (χ3v) is 3.71. The van der Waals surface area contributed by atoms with Gasteiger partial charge in [-0.2, -0.15) is 0 Å². The maximum atomic E-state index is 9.48. The lowest BCUT2D eigenvalue weighted by molar-refractivity contribution is 0.0820. The molecule has 1 heterocycles. The van der Waals surface area contributed by atoms with Crippen LogP contribution >= 0.6 is 0 Å². The van der Waals surface area contributed by atoms with Crippen LogP contribution in [-0.2, 0) is 6.42 Å². The fourth-order valence-corrected chi connectivity index (χ4v) is 2.40. The lowest BCUT2D eigenvalue weighted by Gasteiger charge is -2.30. The summed E-state index contributed by atoms with van der Waals surface area (Å²) in [5.74, 6) is 1.31. The second kappa shape index (κ2) is 4.69. The SMILES string of the molecule is CC(C)(C)C(CO)CC1Cc2ccccc2O1. The van der Waals surface area contributed by atoms with Gasteiger partial charge >= 0.3 is 0 Å². The van der Waals surface area contributed by atoms with Crippen LogP contribution in [0.3, 0.4) is 0 Å². The molecule has 2 unspecified atom stereocenters. The summed E-state index contributed by atoms with van der Waals surface area (Å²) in [6.07, 6.45) is 2.13. The summed E-state index contributed by atoms with van der Waals surface area (Å²) < 4.78 is 5.92. The largest absolute Gasteiger partial charge is 0.490 e. The molecule has 0 saturated heterocycles. The monoisotopic (exact) mass is 234 g/mol. The molecule has 2 heteroatoms. The topological polar surface area (TPSA) is 29.5 Å². The first-order chi connectivity index (χ1) is 8.00. The van der Waals surface area contributed by atoms with Crippen LogP contribution in [0.2, 0.25) is 0 Å². The lowest BCUT2D eigenvalue weighted by atomic mass is 9.78. The molecule has 17 heavy (non-hydrogen) atoms. The second-order valence-corrected chi connectivity index (χ2v) is 6.03. The lowest BCUT2D eigenvalue weighted by Crippen LogP contribution is -2.29. The maximum absolute atomic E-state index is 9.48. The first-order valence-corrected chi connectivity index (χ1v) is 6.36. The predicted molar refractivity (Wildman–Crippen MR) is 69.2 cm³/mol. The van der Waals surface area contributed by atoms with Crippen molar-refractivity contribution in [2.45, 2.75) is 39.7 Å². The normalized spacial score (nSPS) is 20.8. The van der Waals surface area contributed by atoms with Gasteiger partial charge in [-0.25, -0.2) is 0 Å². The summed E-state index contributed by atoms with van der Waals surface area (Å²) in [5.41, 5.74) is 1.43.